The summed E-state index contributed by atoms with van der Waals surface area (Å²) in [5.74, 6) is -4.04. The molecule has 0 aliphatic heterocycles. The summed E-state index contributed by atoms with van der Waals surface area (Å²) in [6.07, 6.45) is 1.75. The molecule has 0 aliphatic rings. The van der Waals surface area contributed by atoms with Gasteiger partial charge in [-0.05, 0) is 139 Å². The van der Waals surface area contributed by atoms with Crippen LogP contribution in [0.15, 0.2) is 280 Å². The maximum atomic E-state index is 10.3. The number of carboxylic acids is 6. The van der Waals surface area contributed by atoms with Gasteiger partial charge in [-0.3, -0.25) is 19.9 Å². The van der Waals surface area contributed by atoms with E-state index in [9.17, 15) is 59.4 Å². The van der Waals surface area contributed by atoms with E-state index < -0.39 is 72.4 Å². The molecule has 4 heterocycles. The maximum Gasteiger partial charge on any atom is 3.00 e. The minimum absolute atomic E-state index is 0. The van der Waals surface area contributed by atoms with E-state index in [1.54, 1.807) is 170 Å². The topological polar surface area (TPSA) is 348 Å². The number of pyridine rings is 4. The molecule has 0 N–H and O–H groups in total. The van der Waals surface area contributed by atoms with Gasteiger partial charge in [0.25, 0.3) is 0 Å². The number of fused-ring (bicyclic) bond motifs is 6. The standard InChI is InChI=1S/2C12H8N2.6C9H10O3.2Dy/c2*1-3-9-5-6-10-4-2-8-14-12(10)11(9)13-7-1;6*1-7(9(10)11)12-8-5-3-2-4-6-8;;/h2*1-8H;6*2-7H,1H3,(H,10,11);;/q;;;;;;;;2*+3/p-6/t;;6*7-;;/m..111000../s1. The zero-order valence-corrected chi connectivity index (χ0v) is 59.8. The minimum Gasteiger partial charge on any atom is -0.546 e. The number of ether oxygens (including phenoxy) is 6. The molecule has 0 saturated carbocycles. The molecule has 12 rings (SSSR count). The van der Waals surface area contributed by atoms with Crippen LogP contribution in [-0.4, -0.2) is 92.4 Å². The Bertz CT molecular complexity index is 3760. The van der Waals surface area contributed by atoms with Crippen molar-refractivity contribution in [2.75, 3.05) is 0 Å². The molecule has 530 valence electrons. The first kappa shape index (κ1) is 85.8. The summed E-state index contributed by atoms with van der Waals surface area (Å²) in [5.41, 5.74) is 3.91. The predicted octanol–water partition coefficient (Wildman–Crippen LogP) is 6.79. The molecule has 12 aromatic rings. The third kappa shape index (κ3) is 32.3. The second-order valence-corrected chi connectivity index (χ2v) is 20.8. The summed E-state index contributed by atoms with van der Waals surface area (Å²) in [5, 5.41) is 66.2. The number of carbonyl (C=O) groups excluding carboxylic acids is 6. The van der Waals surface area contributed by atoms with Crippen LogP contribution in [0.1, 0.15) is 41.5 Å². The van der Waals surface area contributed by atoms with E-state index in [0.717, 1.165) is 43.6 Å². The van der Waals surface area contributed by atoms with Crippen LogP contribution in [0, 0.1) is 76.3 Å². The summed E-state index contributed by atoms with van der Waals surface area (Å²) < 4.78 is 30.1. The molecule has 0 amide bonds. The molecule has 6 atom stereocenters. The molecule has 2 radical (unpaired) electrons. The van der Waals surface area contributed by atoms with E-state index in [2.05, 4.69) is 68.5 Å². The predicted molar refractivity (Wildman–Crippen MR) is 363 cm³/mol. The minimum atomic E-state index is -1.21. The maximum absolute atomic E-state index is 10.3. The molecule has 0 bridgehead atoms. The Hall–Kier alpha value is -10.4. The number of hydrogen-bond acceptors (Lipinski definition) is 22. The van der Waals surface area contributed by atoms with Crippen molar-refractivity contribution < 1.29 is 164 Å². The Morgan fingerprint density at radius 1 is 0.225 bits per heavy atom. The number of benzene rings is 8. The van der Waals surface area contributed by atoms with Gasteiger partial charge in [0.05, 0.1) is 57.9 Å². The fraction of sp³-hybridized carbons (Fsp3) is 0.154. The average Bonchev–Trinajstić information content (AvgIpc) is 0.805. The van der Waals surface area contributed by atoms with Crippen LogP contribution in [0.25, 0.3) is 43.6 Å². The Morgan fingerprint density at radius 2 is 0.363 bits per heavy atom. The van der Waals surface area contributed by atoms with E-state index in [0.29, 0.717) is 34.5 Å². The third-order valence-electron chi connectivity index (χ3n) is 13.0. The van der Waals surface area contributed by atoms with Gasteiger partial charge in [0.2, 0.25) is 0 Å². The summed E-state index contributed by atoms with van der Waals surface area (Å²) in [6.45, 7) is 8.60. The van der Waals surface area contributed by atoms with Crippen molar-refractivity contribution in [3.05, 3.63) is 280 Å². The fourth-order valence-electron chi connectivity index (χ4n) is 7.87. The summed E-state index contributed by atoms with van der Waals surface area (Å²) in [6, 6.07) is 76.9. The van der Waals surface area contributed by atoms with Crippen LogP contribution in [-0.2, 0) is 28.8 Å². The molecule has 0 unspecified atom stereocenters. The van der Waals surface area contributed by atoms with Crippen LogP contribution < -0.4 is 59.1 Å². The monoisotopic (exact) mass is 1680 g/mol. The van der Waals surface area contributed by atoms with E-state index in [4.69, 9.17) is 28.4 Å². The molecular formula is C78H70Dy2N4O18. The number of hydrogen-bond donors (Lipinski definition) is 0. The number of carboxylic acid groups (broad SMARTS) is 6. The van der Waals surface area contributed by atoms with Gasteiger partial charge in [-0.1, -0.05) is 158 Å². The Labute approximate surface area is 650 Å². The van der Waals surface area contributed by atoms with Crippen LogP contribution in [0.4, 0.5) is 0 Å². The normalized spacial score (nSPS) is 11.5. The number of carbonyl (C=O) groups is 6. The van der Waals surface area contributed by atoms with Crippen molar-refractivity contribution in [1.29, 1.82) is 0 Å². The number of rotatable bonds is 18. The number of aromatic nitrogens is 4. The zero-order valence-electron chi connectivity index (χ0n) is 55.8. The first-order chi connectivity index (χ1) is 48.1. The van der Waals surface area contributed by atoms with Crippen LogP contribution in [0.2, 0.25) is 0 Å². The van der Waals surface area contributed by atoms with Crippen LogP contribution in [0.5, 0.6) is 34.5 Å². The van der Waals surface area contributed by atoms with E-state index >= 15 is 0 Å². The molecule has 0 saturated heterocycles. The van der Waals surface area contributed by atoms with Crippen molar-refractivity contribution in [3.63, 3.8) is 0 Å². The van der Waals surface area contributed by atoms with Crippen LogP contribution in [0.3, 0.4) is 0 Å². The van der Waals surface area contributed by atoms with Gasteiger partial charge in [0.15, 0.2) is 0 Å². The largest absolute Gasteiger partial charge is 3.00 e. The van der Waals surface area contributed by atoms with E-state index in [1.807, 2.05) is 60.7 Å². The first-order valence-corrected chi connectivity index (χ1v) is 30.8. The third-order valence-corrected chi connectivity index (χ3v) is 13.0. The Balaban J connectivity index is 0.000000303. The molecule has 24 heteroatoms. The van der Waals surface area contributed by atoms with Crippen LogP contribution >= 0.6 is 0 Å². The second-order valence-electron chi connectivity index (χ2n) is 20.8. The zero-order chi connectivity index (χ0) is 72.6. The average molecular weight is 1680 g/mol. The summed E-state index contributed by atoms with van der Waals surface area (Å²) >= 11 is 0. The summed E-state index contributed by atoms with van der Waals surface area (Å²) in [4.78, 5) is 79.0. The van der Waals surface area contributed by atoms with Gasteiger partial charge in [0, 0.05) is 46.3 Å². The van der Waals surface area contributed by atoms with Gasteiger partial charge in [-0.25, -0.2) is 0 Å². The molecule has 0 fully saturated rings. The second kappa shape index (κ2) is 47.6. The van der Waals surface area contributed by atoms with Gasteiger partial charge in [-0.2, -0.15) is 0 Å². The van der Waals surface area contributed by atoms with Crippen molar-refractivity contribution in [2.45, 2.75) is 78.2 Å². The van der Waals surface area contributed by atoms with Crippen molar-refractivity contribution in [3.8, 4) is 34.5 Å². The number of nitrogens with zero attached hydrogens (tertiary/aromatic N) is 4. The Kier molecular flexibility index (Phi) is 40.0. The molecule has 4 aromatic heterocycles. The first-order valence-electron chi connectivity index (χ1n) is 30.8. The fourth-order valence-corrected chi connectivity index (χ4v) is 7.87. The molecule has 0 spiro atoms. The van der Waals surface area contributed by atoms with Crippen molar-refractivity contribution in [2.24, 2.45) is 0 Å². The molecule has 22 nitrogen and oxygen atoms in total. The van der Waals surface area contributed by atoms with Gasteiger partial charge < -0.3 is 87.8 Å². The Morgan fingerprint density at radius 3 is 0.490 bits per heavy atom. The van der Waals surface area contributed by atoms with Crippen molar-refractivity contribution >= 4 is 79.4 Å². The molecule has 102 heavy (non-hydrogen) atoms. The molecule has 0 aliphatic carbocycles. The van der Waals surface area contributed by atoms with Crippen molar-refractivity contribution in [1.82, 2.24) is 19.9 Å². The van der Waals surface area contributed by atoms with E-state index in [-0.39, 0.29) is 76.3 Å². The van der Waals surface area contributed by atoms with Gasteiger partial charge >= 0.3 is 76.3 Å². The van der Waals surface area contributed by atoms with Gasteiger partial charge in [0.1, 0.15) is 71.1 Å². The SMILES string of the molecule is C[C@@H](Oc1ccccc1)C(=O)[O-].C[C@@H](Oc1ccccc1)C(=O)[O-].C[C@@H](Oc1ccccc1)C(=O)[O-].C[C@H](Oc1ccccc1)C(=O)[O-].C[C@H](Oc1ccccc1)C(=O)[O-].C[C@H](Oc1ccccc1)C(=O)[O-].[Dy+3].[Dy+3].c1cnc2c(c1)ccc1cccnc12.c1cnc2c(c1)ccc1cccnc12. The molecule has 8 aromatic carbocycles. The summed E-state index contributed by atoms with van der Waals surface area (Å²) in [7, 11) is 0. The smallest absolute Gasteiger partial charge is 0.546 e. The van der Waals surface area contributed by atoms with Gasteiger partial charge in [-0.15, -0.1) is 0 Å². The quantitative estimate of drug-likeness (QED) is 0.0798. The number of aliphatic carboxylic acids is 6. The number of para-hydroxylation sites is 6. The van der Waals surface area contributed by atoms with E-state index in [1.165, 1.54) is 41.5 Å². The molecular weight excluding hydrogens is 1610 g/mol.